The van der Waals surface area contributed by atoms with Crippen molar-refractivity contribution >= 4 is 40.5 Å². The Labute approximate surface area is 133 Å². The highest BCUT2D eigenvalue weighted by Gasteiger charge is 2.26. The van der Waals surface area contributed by atoms with Crippen LogP contribution in [0.5, 0.6) is 0 Å². The standard InChI is InChI=1S/C16H14Cl2N2O/c17-12-5-3-7-14(15(12)18)20-16(21)11-8-9-19-13-6-2-1-4-10(11)13/h1-7,11,19H,8-9H2,(H,20,21). The first-order chi connectivity index (χ1) is 10.2. The van der Waals surface area contributed by atoms with Crippen molar-refractivity contribution < 1.29 is 4.79 Å². The Hall–Kier alpha value is -1.71. The van der Waals surface area contributed by atoms with Gasteiger partial charge < -0.3 is 10.6 Å². The van der Waals surface area contributed by atoms with Crippen molar-refractivity contribution in [2.24, 2.45) is 0 Å². The number of halogens is 2. The molecule has 0 bridgehead atoms. The van der Waals surface area contributed by atoms with Crippen LogP contribution in [-0.2, 0) is 4.79 Å². The molecule has 2 aromatic carbocycles. The molecule has 5 heteroatoms. The number of para-hydroxylation sites is 1. The summed E-state index contributed by atoms with van der Waals surface area (Å²) in [5.74, 6) is -0.245. The number of hydrogen-bond acceptors (Lipinski definition) is 2. The van der Waals surface area contributed by atoms with E-state index in [1.807, 2.05) is 24.3 Å². The van der Waals surface area contributed by atoms with Crippen molar-refractivity contribution in [3.8, 4) is 0 Å². The summed E-state index contributed by atoms with van der Waals surface area (Å²) < 4.78 is 0. The monoisotopic (exact) mass is 320 g/mol. The quantitative estimate of drug-likeness (QED) is 0.853. The number of carbonyl (C=O) groups excluding carboxylic acids is 1. The lowest BCUT2D eigenvalue weighted by Gasteiger charge is -2.26. The Bertz CT molecular complexity index is 688. The zero-order valence-corrected chi connectivity index (χ0v) is 12.7. The summed E-state index contributed by atoms with van der Waals surface area (Å²) in [7, 11) is 0. The molecule has 1 unspecified atom stereocenters. The fourth-order valence-corrected chi connectivity index (χ4v) is 2.91. The molecule has 1 aliphatic rings. The van der Waals surface area contributed by atoms with Gasteiger partial charge in [0, 0.05) is 12.2 Å². The third-order valence-electron chi connectivity index (χ3n) is 3.61. The van der Waals surface area contributed by atoms with E-state index in [2.05, 4.69) is 10.6 Å². The van der Waals surface area contributed by atoms with Crippen LogP contribution in [0.25, 0.3) is 0 Å². The van der Waals surface area contributed by atoms with E-state index < -0.39 is 0 Å². The molecule has 0 aromatic heterocycles. The largest absolute Gasteiger partial charge is 0.385 e. The minimum atomic E-state index is -0.183. The van der Waals surface area contributed by atoms with Crippen LogP contribution in [0.15, 0.2) is 42.5 Å². The van der Waals surface area contributed by atoms with Crippen molar-refractivity contribution in [3.05, 3.63) is 58.1 Å². The van der Waals surface area contributed by atoms with Crippen molar-refractivity contribution in [2.75, 3.05) is 17.2 Å². The molecule has 1 atom stereocenters. The number of anilines is 2. The van der Waals surface area contributed by atoms with Gasteiger partial charge in [0.1, 0.15) is 0 Å². The smallest absolute Gasteiger partial charge is 0.232 e. The van der Waals surface area contributed by atoms with Gasteiger partial charge in [0.05, 0.1) is 21.7 Å². The maximum atomic E-state index is 12.6. The molecule has 0 saturated carbocycles. The second-order valence-electron chi connectivity index (χ2n) is 4.95. The van der Waals surface area contributed by atoms with Crippen LogP contribution >= 0.6 is 23.2 Å². The summed E-state index contributed by atoms with van der Waals surface area (Å²) in [6, 6.07) is 13.1. The first-order valence-electron chi connectivity index (χ1n) is 6.74. The Morgan fingerprint density at radius 2 is 1.95 bits per heavy atom. The second kappa shape index (κ2) is 5.96. The lowest BCUT2D eigenvalue weighted by Crippen LogP contribution is -2.27. The molecule has 2 N–H and O–H groups in total. The fraction of sp³-hybridized carbons (Fsp3) is 0.188. The topological polar surface area (TPSA) is 41.1 Å². The summed E-state index contributed by atoms with van der Waals surface area (Å²) in [6.45, 7) is 0.776. The minimum Gasteiger partial charge on any atom is -0.385 e. The molecule has 3 rings (SSSR count). The molecule has 0 fully saturated rings. The van der Waals surface area contributed by atoms with E-state index in [9.17, 15) is 4.79 Å². The Morgan fingerprint density at radius 3 is 2.81 bits per heavy atom. The van der Waals surface area contributed by atoms with Crippen molar-refractivity contribution in [2.45, 2.75) is 12.3 Å². The van der Waals surface area contributed by atoms with Gasteiger partial charge in [-0.3, -0.25) is 4.79 Å². The number of hydrogen-bond donors (Lipinski definition) is 2. The van der Waals surface area contributed by atoms with Gasteiger partial charge >= 0.3 is 0 Å². The van der Waals surface area contributed by atoms with Crippen molar-refractivity contribution in [1.29, 1.82) is 0 Å². The van der Waals surface area contributed by atoms with E-state index in [1.54, 1.807) is 18.2 Å². The zero-order chi connectivity index (χ0) is 14.8. The van der Waals surface area contributed by atoms with E-state index >= 15 is 0 Å². The SMILES string of the molecule is O=C(Nc1cccc(Cl)c1Cl)C1CCNc2ccccc21. The molecule has 1 aliphatic heterocycles. The average molecular weight is 321 g/mol. The summed E-state index contributed by atoms with van der Waals surface area (Å²) in [6.07, 6.45) is 0.751. The van der Waals surface area contributed by atoms with Crippen molar-refractivity contribution in [3.63, 3.8) is 0 Å². The van der Waals surface area contributed by atoms with Gasteiger partial charge in [-0.2, -0.15) is 0 Å². The van der Waals surface area contributed by atoms with Gasteiger partial charge in [0.2, 0.25) is 5.91 Å². The van der Waals surface area contributed by atoms with Crippen LogP contribution in [0.4, 0.5) is 11.4 Å². The molecule has 0 spiro atoms. The van der Waals surface area contributed by atoms with Crippen LogP contribution in [0.3, 0.4) is 0 Å². The molecular formula is C16H14Cl2N2O. The highest BCUT2D eigenvalue weighted by molar-refractivity contribution is 6.44. The maximum absolute atomic E-state index is 12.6. The van der Waals surface area contributed by atoms with Gasteiger partial charge in [-0.25, -0.2) is 0 Å². The number of nitrogens with one attached hydrogen (secondary N) is 2. The first kappa shape index (κ1) is 14.2. The highest BCUT2D eigenvalue weighted by atomic mass is 35.5. The third-order valence-corrected chi connectivity index (χ3v) is 4.43. The molecule has 0 saturated heterocycles. The number of rotatable bonds is 2. The first-order valence-corrected chi connectivity index (χ1v) is 7.50. The Morgan fingerprint density at radius 1 is 1.14 bits per heavy atom. The van der Waals surface area contributed by atoms with E-state index in [0.717, 1.165) is 24.2 Å². The van der Waals surface area contributed by atoms with E-state index in [4.69, 9.17) is 23.2 Å². The molecule has 3 nitrogen and oxygen atoms in total. The predicted molar refractivity (Wildman–Crippen MR) is 87.4 cm³/mol. The highest BCUT2D eigenvalue weighted by Crippen LogP contribution is 2.34. The van der Waals surface area contributed by atoms with E-state index in [-0.39, 0.29) is 11.8 Å². The molecule has 0 aliphatic carbocycles. The van der Waals surface area contributed by atoms with Crippen LogP contribution in [0, 0.1) is 0 Å². The van der Waals surface area contributed by atoms with E-state index in [1.165, 1.54) is 0 Å². The average Bonchev–Trinajstić information content (AvgIpc) is 2.51. The number of amides is 1. The minimum absolute atomic E-state index is 0.0619. The van der Waals surface area contributed by atoms with Crippen LogP contribution in [0.2, 0.25) is 10.0 Å². The Kier molecular flexibility index (Phi) is 4.04. The Balaban J connectivity index is 1.85. The fourth-order valence-electron chi connectivity index (χ4n) is 2.56. The molecule has 2 aromatic rings. The molecule has 108 valence electrons. The lowest BCUT2D eigenvalue weighted by atomic mass is 9.90. The second-order valence-corrected chi connectivity index (χ2v) is 5.73. The molecular weight excluding hydrogens is 307 g/mol. The van der Waals surface area contributed by atoms with Crippen LogP contribution in [-0.4, -0.2) is 12.5 Å². The molecule has 21 heavy (non-hydrogen) atoms. The summed E-state index contributed by atoms with van der Waals surface area (Å²) in [5, 5.41) is 6.98. The number of benzene rings is 2. The lowest BCUT2D eigenvalue weighted by molar-refractivity contribution is -0.117. The van der Waals surface area contributed by atoms with Crippen LogP contribution in [0.1, 0.15) is 17.9 Å². The summed E-state index contributed by atoms with van der Waals surface area (Å²) in [4.78, 5) is 12.6. The number of carbonyl (C=O) groups is 1. The summed E-state index contributed by atoms with van der Waals surface area (Å²) in [5.41, 5.74) is 2.57. The van der Waals surface area contributed by atoms with Gasteiger partial charge in [-0.15, -0.1) is 0 Å². The van der Waals surface area contributed by atoms with Crippen LogP contribution < -0.4 is 10.6 Å². The van der Waals surface area contributed by atoms with Gasteiger partial charge in [-0.1, -0.05) is 47.5 Å². The zero-order valence-electron chi connectivity index (χ0n) is 11.2. The van der Waals surface area contributed by atoms with Gasteiger partial charge in [0.15, 0.2) is 0 Å². The number of fused-ring (bicyclic) bond motifs is 1. The molecule has 1 heterocycles. The summed E-state index contributed by atoms with van der Waals surface area (Å²) >= 11 is 12.1. The van der Waals surface area contributed by atoms with E-state index in [0.29, 0.717) is 15.7 Å². The maximum Gasteiger partial charge on any atom is 0.232 e. The normalized spacial score (nSPS) is 16.8. The van der Waals surface area contributed by atoms with Crippen molar-refractivity contribution in [1.82, 2.24) is 0 Å². The third kappa shape index (κ3) is 2.85. The molecule has 1 amide bonds. The predicted octanol–water partition coefficient (Wildman–Crippen LogP) is 4.53. The van der Waals surface area contributed by atoms with Gasteiger partial charge in [0.25, 0.3) is 0 Å². The molecule has 0 radical (unpaired) electrons. The van der Waals surface area contributed by atoms with Gasteiger partial charge in [-0.05, 0) is 30.2 Å².